The summed E-state index contributed by atoms with van der Waals surface area (Å²) in [6, 6.07) is 6.84. The predicted octanol–water partition coefficient (Wildman–Crippen LogP) is 3.62. The minimum absolute atomic E-state index is 0.0582. The van der Waals surface area contributed by atoms with Crippen LogP contribution in [0.3, 0.4) is 0 Å². The van der Waals surface area contributed by atoms with Crippen molar-refractivity contribution in [2.45, 2.75) is 32.9 Å². The molecule has 1 heterocycles. The molecule has 1 aliphatic rings. The SMILES string of the molecule is CCOc1cc2c(cc1CNC(=O)c1ccc(F)c(F)c1)O[C@H](C)C2. The molecule has 3 rings (SSSR count). The molecule has 0 saturated heterocycles. The molecule has 0 fully saturated rings. The molecule has 132 valence electrons. The number of hydrogen-bond donors (Lipinski definition) is 1. The lowest BCUT2D eigenvalue weighted by Crippen LogP contribution is -2.23. The highest BCUT2D eigenvalue weighted by Gasteiger charge is 2.22. The Balaban J connectivity index is 1.77. The molecule has 0 aromatic heterocycles. The van der Waals surface area contributed by atoms with E-state index in [1.54, 1.807) is 0 Å². The van der Waals surface area contributed by atoms with Crippen LogP contribution in [0.4, 0.5) is 8.78 Å². The minimum Gasteiger partial charge on any atom is -0.494 e. The van der Waals surface area contributed by atoms with Crippen LogP contribution in [-0.2, 0) is 13.0 Å². The van der Waals surface area contributed by atoms with Crippen LogP contribution in [0, 0.1) is 11.6 Å². The van der Waals surface area contributed by atoms with Gasteiger partial charge in [0.15, 0.2) is 11.6 Å². The summed E-state index contributed by atoms with van der Waals surface area (Å²) in [4.78, 5) is 12.2. The van der Waals surface area contributed by atoms with Crippen LogP contribution in [0.5, 0.6) is 11.5 Å². The second-order valence-corrected chi connectivity index (χ2v) is 5.94. The van der Waals surface area contributed by atoms with Crippen molar-refractivity contribution in [2.24, 2.45) is 0 Å². The molecule has 0 radical (unpaired) electrons. The number of amides is 1. The van der Waals surface area contributed by atoms with Crippen molar-refractivity contribution in [3.8, 4) is 11.5 Å². The molecule has 4 nitrogen and oxygen atoms in total. The van der Waals surface area contributed by atoms with E-state index < -0.39 is 17.5 Å². The normalized spacial score (nSPS) is 15.4. The zero-order valence-electron chi connectivity index (χ0n) is 14.1. The number of nitrogens with one attached hydrogen (secondary N) is 1. The summed E-state index contributed by atoms with van der Waals surface area (Å²) in [5.74, 6) is -1.06. The van der Waals surface area contributed by atoms with E-state index in [0.29, 0.717) is 12.4 Å². The fourth-order valence-electron chi connectivity index (χ4n) is 2.82. The van der Waals surface area contributed by atoms with Gasteiger partial charge in [0.2, 0.25) is 0 Å². The average Bonchev–Trinajstić information content (AvgIpc) is 2.94. The van der Waals surface area contributed by atoms with Gasteiger partial charge in [-0.1, -0.05) is 0 Å². The van der Waals surface area contributed by atoms with E-state index in [0.717, 1.165) is 35.4 Å². The minimum atomic E-state index is -1.05. The summed E-state index contributed by atoms with van der Waals surface area (Å²) in [5, 5.41) is 2.70. The molecule has 1 atom stereocenters. The van der Waals surface area contributed by atoms with Crippen molar-refractivity contribution >= 4 is 5.91 Å². The van der Waals surface area contributed by atoms with Crippen molar-refractivity contribution in [1.82, 2.24) is 5.32 Å². The Kier molecular flexibility index (Phi) is 4.88. The highest BCUT2D eigenvalue weighted by Crippen LogP contribution is 2.35. The van der Waals surface area contributed by atoms with Crippen LogP contribution >= 0.6 is 0 Å². The molecule has 25 heavy (non-hydrogen) atoms. The maximum absolute atomic E-state index is 13.3. The second kappa shape index (κ2) is 7.09. The maximum atomic E-state index is 13.3. The fraction of sp³-hybridized carbons (Fsp3) is 0.316. The number of carbonyl (C=O) groups is 1. The van der Waals surface area contributed by atoms with Gasteiger partial charge in [0.25, 0.3) is 5.91 Å². The van der Waals surface area contributed by atoms with E-state index in [9.17, 15) is 13.6 Å². The van der Waals surface area contributed by atoms with Crippen LogP contribution in [0.2, 0.25) is 0 Å². The van der Waals surface area contributed by atoms with Gasteiger partial charge in [-0.05, 0) is 44.2 Å². The molecule has 1 amide bonds. The molecular formula is C19H19F2NO3. The largest absolute Gasteiger partial charge is 0.494 e. The Bertz CT molecular complexity index is 807. The zero-order valence-corrected chi connectivity index (χ0v) is 14.1. The molecule has 1 aliphatic heterocycles. The van der Waals surface area contributed by atoms with Crippen LogP contribution in [0.25, 0.3) is 0 Å². The average molecular weight is 347 g/mol. The Labute approximate surface area is 144 Å². The van der Waals surface area contributed by atoms with Crippen molar-refractivity contribution in [3.05, 3.63) is 58.7 Å². The van der Waals surface area contributed by atoms with Crippen LogP contribution in [-0.4, -0.2) is 18.6 Å². The summed E-state index contributed by atoms with van der Waals surface area (Å²) in [7, 11) is 0. The predicted molar refractivity (Wildman–Crippen MR) is 88.9 cm³/mol. The third kappa shape index (κ3) is 3.73. The maximum Gasteiger partial charge on any atom is 0.251 e. The van der Waals surface area contributed by atoms with Crippen LogP contribution in [0.15, 0.2) is 30.3 Å². The molecule has 2 aromatic rings. The van der Waals surface area contributed by atoms with Gasteiger partial charge >= 0.3 is 0 Å². The van der Waals surface area contributed by atoms with Gasteiger partial charge in [-0.15, -0.1) is 0 Å². The van der Waals surface area contributed by atoms with E-state index in [1.165, 1.54) is 6.07 Å². The standard InChI is InChI=1S/C19H19F2NO3/c1-3-24-17-8-13-6-11(2)25-18(13)9-14(17)10-22-19(23)12-4-5-15(20)16(21)7-12/h4-5,7-9,11H,3,6,10H2,1-2H3,(H,22,23)/t11-/m1/s1. The Morgan fingerprint density at radius 3 is 2.80 bits per heavy atom. The van der Waals surface area contributed by atoms with Crippen LogP contribution < -0.4 is 14.8 Å². The van der Waals surface area contributed by atoms with Gasteiger partial charge in [-0.2, -0.15) is 0 Å². The molecule has 2 aromatic carbocycles. The van der Waals surface area contributed by atoms with Gasteiger partial charge in [0.05, 0.1) is 6.61 Å². The lowest BCUT2D eigenvalue weighted by atomic mass is 10.1. The number of ether oxygens (including phenoxy) is 2. The summed E-state index contributed by atoms with van der Waals surface area (Å²) in [6.45, 7) is 4.57. The summed E-state index contributed by atoms with van der Waals surface area (Å²) in [5.41, 5.74) is 1.90. The lowest BCUT2D eigenvalue weighted by Gasteiger charge is -2.13. The smallest absolute Gasteiger partial charge is 0.251 e. The van der Waals surface area contributed by atoms with Crippen molar-refractivity contribution in [2.75, 3.05) is 6.61 Å². The van der Waals surface area contributed by atoms with Gasteiger partial charge in [-0.25, -0.2) is 8.78 Å². The molecule has 0 aliphatic carbocycles. The van der Waals surface area contributed by atoms with Gasteiger partial charge in [-0.3, -0.25) is 4.79 Å². The Morgan fingerprint density at radius 2 is 2.08 bits per heavy atom. The van der Waals surface area contributed by atoms with E-state index in [4.69, 9.17) is 9.47 Å². The molecule has 1 N–H and O–H groups in total. The van der Waals surface area contributed by atoms with E-state index in [1.807, 2.05) is 26.0 Å². The molecule has 6 heteroatoms. The van der Waals surface area contributed by atoms with E-state index >= 15 is 0 Å². The third-order valence-corrected chi connectivity index (χ3v) is 4.00. The number of rotatable bonds is 5. The molecule has 0 saturated carbocycles. The first-order valence-electron chi connectivity index (χ1n) is 8.16. The van der Waals surface area contributed by atoms with Gasteiger partial charge in [0.1, 0.15) is 17.6 Å². The second-order valence-electron chi connectivity index (χ2n) is 5.94. The number of fused-ring (bicyclic) bond motifs is 1. The molecular weight excluding hydrogens is 328 g/mol. The topological polar surface area (TPSA) is 47.6 Å². The Morgan fingerprint density at radius 1 is 1.28 bits per heavy atom. The quantitative estimate of drug-likeness (QED) is 0.899. The monoisotopic (exact) mass is 347 g/mol. The third-order valence-electron chi connectivity index (χ3n) is 4.00. The van der Waals surface area contributed by atoms with Crippen molar-refractivity contribution < 1.29 is 23.0 Å². The number of carbonyl (C=O) groups excluding carboxylic acids is 1. The number of hydrogen-bond acceptors (Lipinski definition) is 3. The van der Waals surface area contributed by atoms with E-state index in [-0.39, 0.29) is 18.2 Å². The van der Waals surface area contributed by atoms with E-state index in [2.05, 4.69) is 5.32 Å². The highest BCUT2D eigenvalue weighted by atomic mass is 19.2. The van der Waals surface area contributed by atoms with Gasteiger partial charge < -0.3 is 14.8 Å². The molecule has 0 bridgehead atoms. The zero-order chi connectivity index (χ0) is 18.0. The van der Waals surface area contributed by atoms with Gasteiger partial charge in [0, 0.05) is 29.7 Å². The summed E-state index contributed by atoms with van der Waals surface area (Å²) in [6.07, 6.45) is 0.924. The summed E-state index contributed by atoms with van der Waals surface area (Å²) >= 11 is 0. The van der Waals surface area contributed by atoms with Crippen molar-refractivity contribution in [3.63, 3.8) is 0 Å². The summed E-state index contributed by atoms with van der Waals surface area (Å²) < 4.78 is 37.6. The fourth-order valence-corrected chi connectivity index (χ4v) is 2.82. The highest BCUT2D eigenvalue weighted by molar-refractivity contribution is 5.94. The first kappa shape index (κ1) is 17.2. The molecule has 0 spiro atoms. The van der Waals surface area contributed by atoms with Crippen molar-refractivity contribution in [1.29, 1.82) is 0 Å². The van der Waals surface area contributed by atoms with Crippen LogP contribution in [0.1, 0.15) is 35.3 Å². The number of halogens is 2. The Hall–Kier alpha value is -2.63. The first-order chi connectivity index (χ1) is 12.0. The lowest BCUT2D eigenvalue weighted by molar-refractivity contribution is 0.0950. The first-order valence-corrected chi connectivity index (χ1v) is 8.16. The molecule has 0 unspecified atom stereocenters. The number of benzene rings is 2.